The van der Waals surface area contributed by atoms with Gasteiger partial charge >= 0.3 is 0 Å². The normalized spacial score (nSPS) is 11.2. The average molecular weight is 265 g/mol. The average Bonchev–Trinajstić information content (AvgIpc) is 2.58. The van der Waals surface area contributed by atoms with Gasteiger partial charge in [-0.2, -0.15) is 0 Å². The van der Waals surface area contributed by atoms with Crippen LogP contribution < -0.4 is 16.4 Å². The Labute approximate surface area is 99.6 Å². The van der Waals surface area contributed by atoms with E-state index in [1.54, 1.807) is 6.20 Å². The lowest BCUT2D eigenvalue weighted by Gasteiger charge is -2.03. The molecule has 10 heteroatoms. The third-order valence-corrected chi connectivity index (χ3v) is 2.47. The number of nitro groups is 1. The summed E-state index contributed by atoms with van der Waals surface area (Å²) in [5.74, 6) is -0.228. The summed E-state index contributed by atoms with van der Waals surface area (Å²) < 4.78 is 0.449. The Bertz CT molecular complexity index is 394. The van der Waals surface area contributed by atoms with Crippen molar-refractivity contribution in [1.29, 1.82) is 0 Å². The van der Waals surface area contributed by atoms with E-state index in [0.717, 1.165) is 5.00 Å². The highest BCUT2D eigenvalue weighted by molar-refractivity contribution is 7.19. The second kappa shape index (κ2) is 6.08. The molecule has 1 aromatic rings. The fourth-order valence-corrected chi connectivity index (χ4v) is 1.70. The number of halogens is 1. The molecule has 0 aliphatic rings. The molecule has 0 spiro atoms. The van der Waals surface area contributed by atoms with Crippen LogP contribution in [0.25, 0.3) is 0 Å². The molecule has 0 saturated carbocycles. The van der Waals surface area contributed by atoms with Crippen molar-refractivity contribution < 1.29 is 5.03 Å². The Kier molecular flexibility index (Phi) is 4.73. The lowest BCUT2D eigenvalue weighted by Crippen LogP contribution is -2.35. The van der Waals surface area contributed by atoms with Gasteiger partial charge in [0.2, 0.25) is 0 Å². The maximum absolute atomic E-state index is 9.93. The molecule has 0 radical (unpaired) electrons. The van der Waals surface area contributed by atoms with Gasteiger partial charge in [-0.3, -0.25) is 0 Å². The van der Waals surface area contributed by atoms with Gasteiger partial charge in [-0.1, -0.05) is 22.9 Å². The molecule has 0 amide bonds. The second-order valence-electron chi connectivity index (χ2n) is 2.55. The molecule has 4 N–H and O–H groups in total. The van der Waals surface area contributed by atoms with Crippen LogP contribution >= 0.6 is 22.9 Å². The molecule has 0 fully saturated rings. The van der Waals surface area contributed by atoms with E-state index in [-0.39, 0.29) is 5.96 Å². The first-order valence-electron chi connectivity index (χ1n) is 4.15. The molecule has 0 aromatic carbocycles. The molecule has 1 rings (SSSR count). The van der Waals surface area contributed by atoms with Gasteiger partial charge in [-0.05, 0) is 0 Å². The third-order valence-electron chi connectivity index (χ3n) is 1.40. The Morgan fingerprint density at radius 1 is 1.75 bits per heavy atom. The van der Waals surface area contributed by atoms with E-state index in [2.05, 4.69) is 20.7 Å². The van der Waals surface area contributed by atoms with Crippen molar-refractivity contribution in [1.82, 2.24) is 10.3 Å². The molecule has 0 aliphatic carbocycles. The van der Waals surface area contributed by atoms with E-state index in [9.17, 15) is 10.1 Å². The number of thiazole rings is 1. The van der Waals surface area contributed by atoms with Gasteiger partial charge in [0, 0.05) is 13.1 Å². The molecule has 8 nitrogen and oxygen atoms in total. The van der Waals surface area contributed by atoms with E-state index in [4.69, 9.17) is 17.3 Å². The molecular formula is C6H9ClN6O2S. The van der Waals surface area contributed by atoms with Crippen LogP contribution in [0, 0.1) is 10.1 Å². The molecule has 0 bridgehead atoms. The zero-order valence-corrected chi connectivity index (χ0v) is 9.59. The topological polar surface area (TPSA) is 118 Å². The lowest BCUT2D eigenvalue weighted by atomic mass is 10.6. The Morgan fingerprint density at radius 3 is 3.06 bits per heavy atom. The number of aromatic nitrogens is 1. The summed E-state index contributed by atoms with van der Waals surface area (Å²) in [5, 5.41) is 18.3. The predicted molar refractivity (Wildman–Crippen MR) is 62.2 cm³/mol. The SMILES string of the molecule is N/C(=N\[N+](=O)[O-])NCCNc1cnc(Cl)s1. The summed E-state index contributed by atoms with van der Waals surface area (Å²) in [6.07, 6.45) is 1.60. The number of nitrogens with two attached hydrogens (primary N) is 1. The van der Waals surface area contributed by atoms with Crippen molar-refractivity contribution in [2.75, 3.05) is 18.4 Å². The Hall–Kier alpha value is -1.61. The largest absolute Gasteiger partial charge is 0.374 e. The molecule has 0 aliphatic heterocycles. The highest BCUT2D eigenvalue weighted by Gasteiger charge is 1.99. The highest BCUT2D eigenvalue weighted by atomic mass is 35.5. The molecular weight excluding hydrogens is 256 g/mol. The monoisotopic (exact) mass is 264 g/mol. The summed E-state index contributed by atoms with van der Waals surface area (Å²) in [7, 11) is 0. The minimum atomic E-state index is -0.862. The van der Waals surface area contributed by atoms with E-state index >= 15 is 0 Å². The summed E-state index contributed by atoms with van der Waals surface area (Å²) in [4.78, 5) is 13.8. The first-order chi connectivity index (χ1) is 7.58. The van der Waals surface area contributed by atoms with Crippen LogP contribution in [-0.2, 0) is 0 Å². The van der Waals surface area contributed by atoms with Crippen molar-refractivity contribution in [3.8, 4) is 0 Å². The number of nitrogens with one attached hydrogen (secondary N) is 2. The van der Waals surface area contributed by atoms with E-state index in [1.165, 1.54) is 11.3 Å². The predicted octanol–water partition coefficient (Wildman–Crippen LogP) is 0.304. The van der Waals surface area contributed by atoms with Crippen molar-refractivity contribution in [3.63, 3.8) is 0 Å². The van der Waals surface area contributed by atoms with E-state index < -0.39 is 5.03 Å². The van der Waals surface area contributed by atoms with Gasteiger partial charge < -0.3 is 16.4 Å². The second-order valence-corrected chi connectivity index (χ2v) is 4.17. The van der Waals surface area contributed by atoms with Crippen molar-refractivity contribution in [2.45, 2.75) is 0 Å². The van der Waals surface area contributed by atoms with Gasteiger partial charge in [0.25, 0.3) is 5.96 Å². The molecule has 0 unspecified atom stereocenters. The number of anilines is 1. The quantitative estimate of drug-likeness (QED) is 0.231. The highest BCUT2D eigenvalue weighted by Crippen LogP contribution is 2.21. The molecule has 1 heterocycles. The van der Waals surface area contributed by atoms with Gasteiger partial charge in [0.05, 0.1) is 6.20 Å². The number of rotatable bonds is 5. The number of hydrogen-bond acceptors (Lipinski definition) is 5. The van der Waals surface area contributed by atoms with Gasteiger partial charge in [0.1, 0.15) is 10.1 Å². The van der Waals surface area contributed by atoms with Crippen LogP contribution in [-0.4, -0.2) is 29.1 Å². The van der Waals surface area contributed by atoms with Crippen LogP contribution in [0.4, 0.5) is 5.00 Å². The maximum atomic E-state index is 9.93. The number of hydrogen-bond donors (Lipinski definition) is 3. The fraction of sp³-hybridized carbons (Fsp3) is 0.333. The summed E-state index contributed by atoms with van der Waals surface area (Å²) >= 11 is 6.92. The smallest absolute Gasteiger partial charge is 0.266 e. The molecule has 0 saturated heterocycles. The number of guanidine groups is 1. The molecule has 1 aromatic heterocycles. The van der Waals surface area contributed by atoms with Crippen molar-refractivity contribution >= 4 is 33.9 Å². The zero-order chi connectivity index (χ0) is 12.0. The minimum Gasteiger partial charge on any atom is -0.374 e. The maximum Gasteiger partial charge on any atom is 0.266 e. The summed E-state index contributed by atoms with van der Waals surface area (Å²) in [5.41, 5.74) is 5.20. The van der Waals surface area contributed by atoms with Crippen LogP contribution in [0.3, 0.4) is 0 Å². The number of nitrogens with zero attached hydrogens (tertiary/aromatic N) is 3. The van der Waals surface area contributed by atoms with E-state index in [0.29, 0.717) is 17.6 Å². The molecule has 0 atom stereocenters. The van der Waals surface area contributed by atoms with E-state index in [1.807, 2.05) is 0 Å². The summed E-state index contributed by atoms with van der Waals surface area (Å²) in [6, 6.07) is 0. The standard InChI is InChI=1S/C6H9ClN6O2S/c7-5-11-3-4(16-5)9-1-2-10-6(8)12-13(14)15/h3,9H,1-2H2,(H3,8,10,12). The first kappa shape index (κ1) is 12.5. The van der Waals surface area contributed by atoms with Crippen LogP contribution in [0.1, 0.15) is 0 Å². The first-order valence-corrected chi connectivity index (χ1v) is 5.35. The van der Waals surface area contributed by atoms with Crippen molar-refractivity contribution in [2.24, 2.45) is 10.8 Å². The van der Waals surface area contributed by atoms with Gasteiger partial charge in [-0.25, -0.2) is 15.1 Å². The fourth-order valence-electron chi connectivity index (χ4n) is 0.834. The van der Waals surface area contributed by atoms with Crippen LogP contribution in [0.15, 0.2) is 11.3 Å². The van der Waals surface area contributed by atoms with Crippen LogP contribution in [0.2, 0.25) is 4.47 Å². The van der Waals surface area contributed by atoms with Gasteiger partial charge in [-0.15, -0.1) is 0 Å². The minimum absolute atomic E-state index is 0.228. The lowest BCUT2D eigenvalue weighted by molar-refractivity contribution is -0.485. The zero-order valence-electron chi connectivity index (χ0n) is 8.01. The Morgan fingerprint density at radius 2 is 2.50 bits per heavy atom. The Balaban J connectivity index is 2.19. The number of hydrazone groups is 1. The van der Waals surface area contributed by atoms with Crippen molar-refractivity contribution in [3.05, 3.63) is 20.8 Å². The molecule has 16 heavy (non-hydrogen) atoms. The van der Waals surface area contributed by atoms with Gasteiger partial charge in [0.15, 0.2) is 9.50 Å². The third kappa shape index (κ3) is 4.75. The summed E-state index contributed by atoms with van der Waals surface area (Å²) in [6.45, 7) is 0.922. The van der Waals surface area contributed by atoms with Crippen LogP contribution in [0.5, 0.6) is 0 Å². The molecule has 88 valence electrons.